The van der Waals surface area contributed by atoms with Crippen LogP contribution in [0.5, 0.6) is 0 Å². The molecule has 0 aromatic carbocycles. The molecular weight excluding hydrogens is 286 g/mol. The van der Waals surface area contributed by atoms with Gasteiger partial charge in [0.05, 0.1) is 11.7 Å². The molecule has 122 valence electrons. The molecular formula is C18H25N5. The molecule has 0 saturated heterocycles. The highest BCUT2D eigenvalue weighted by Crippen LogP contribution is 2.37. The highest BCUT2D eigenvalue weighted by molar-refractivity contribution is 6.10. The average Bonchev–Trinajstić information content (AvgIpc) is 3.37. The smallest absolute Gasteiger partial charge is 0.0755 e. The van der Waals surface area contributed by atoms with Crippen molar-refractivity contribution in [1.82, 2.24) is 4.98 Å². The third-order valence-corrected chi connectivity index (χ3v) is 4.73. The van der Waals surface area contributed by atoms with Crippen LogP contribution in [0.2, 0.25) is 0 Å². The summed E-state index contributed by atoms with van der Waals surface area (Å²) in [7, 11) is 1.85. The van der Waals surface area contributed by atoms with Gasteiger partial charge in [-0.15, -0.1) is 0 Å². The number of aromatic nitrogens is 1. The SMILES string of the molecule is CNc1cc(C(C=NC2CC(C)C2)=C(N)C2CC2)ncc1C=N. The largest absolute Gasteiger partial charge is 0.401 e. The molecule has 2 aliphatic rings. The first-order valence-electron chi connectivity index (χ1n) is 8.33. The second-order valence-electron chi connectivity index (χ2n) is 6.70. The predicted molar refractivity (Wildman–Crippen MR) is 96.2 cm³/mol. The zero-order valence-corrected chi connectivity index (χ0v) is 13.8. The average molecular weight is 311 g/mol. The van der Waals surface area contributed by atoms with Crippen molar-refractivity contribution in [3.63, 3.8) is 0 Å². The van der Waals surface area contributed by atoms with E-state index in [4.69, 9.17) is 16.1 Å². The molecule has 5 heteroatoms. The van der Waals surface area contributed by atoms with Gasteiger partial charge in [-0.25, -0.2) is 0 Å². The Morgan fingerprint density at radius 1 is 1.43 bits per heavy atom. The van der Waals surface area contributed by atoms with E-state index < -0.39 is 0 Å². The summed E-state index contributed by atoms with van der Waals surface area (Å²) in [6, 6.07) is 2.39. The fourth-order valence-electron chi connectivity index (χ4n) is 3.01. The van der Waals surface area contributed by atoms with Crippen LogP contribution in [0, 0.1) is 17.2 Å². The van der Waals surface area contributed by atoms with Crippen LogP contribution in [0.3, 0.4) is 0 Å². The Labute approximate surface area is 137 Å². The Morgan fingerprint density at radius 2 is 2.17 bits per heavy atom. The molecule has 2 fully saturated rings. The molecule has 2 saturated carbocycles. The summed E-state index contributed by atoms with van der Waals surface area (Å²) in [5, 5.41) is 10.6. The van der Waals surface area contributed by atoms with Crippen molar-refractivity contribution in [2.75, 3.05) is 12.4 Å². The number of anilines is 1. The second-order valence-corrected chi connectivity index (χ2v) is 6.70. The topological polar surface area (TPSA) is 87.2 Å². The zero-order valence-electron chi connectivity index (χ0n) is 13.8. The minimum absolute atomic E-state index is 0.427. The molecule has 1 heterocycles. The van der Waals surface area contributed by atoms with E-state index in [0.29, 0.717) is 12.0 Å². The first kappa shape index (κ1) is 15.7. The summed E-state index contributed by atoms with van der Waals surface area (Å²) in [6.45, 7) is 2.26. The number of hydrogen-bond donors (Lipinski definition) is 3. The van der Waals surface area contributed by atoms with Crippen LogP contribution in [0.25, 0.3) is 5.57 Å². The molecule has 2 aliphatic carbocycles. The minimum atomic E-state index is 0.427. The van der Waals surface area contributed by atoms with Crippen molar-refractivity contribution in [2.24, 2.45) is 22.6 Å². The van der Waals surface area contributed by atoms with E-state index in [1.54, 1.807) is 6.20 Å². The van der Waals surface area contributed by atoms with Gasteiger partial charge in [0.2, 0.25) is 0 Å². The number of nitrogens with zero attached hydrogens (tertiary/aromatic N) is 2. The monoisotopic (exact) mass is 311 g/mol. The van der Waals surface area contributed by atoms with E-state index in [2.05, 4.69) is 17.2 Å². The number of pyridine rings is 1. The fraction of sp³-hybridized carbons (Fsp3) is 0.500. The summed E-state index contributed by atoms with van der Waals surface area (Å²) in [5.74, 6) is 1.25. The molecule has 0 unspecified atom stereocenters. The van der Waals surface area contributed by atoms with E-state index in [1.807, 2.05) is 19.3 Å². The molecule has 0 atom stereocenters. The van der Waals surface area contributed by atoms with Gasteiger partial charge < -0.3 is 16.5 Å². The van der Waals surface area contributed by atoms with Gasteiger partial charge in [0, 0.05) is 48.2 Å². The summed E-state index contributed by atoms with van der Waals surface area (Å²) < 4.78 is 0. The van der Waals surface area contributed by atoms with Crippen LogP contribution in [0.4, 0.5) is 5.69 Å². The van der Waals surface area contributed by atoms with Crippen molar-refractivity contribution < 1.29 is 0 Å². The highest BCUT2D eigenvalue weighted by atomic mass is 14.8. The molecule has 5 nitrogen and oxygen atoms in total. The van der Waals surface area contributed by atoms with Crippen LogP contribution in [-0.4, -0.2) is 30.5 Å². The number of rotatable bonds is 6. The molecule has 0 radical (unpaired) electrons. The molecule has 23 heavy (non-hydrogen) atoms. The van der Waals surface area contributed by atoms with Gasteiger partial charge in [-0.2, -0.15) is 0 Å². The molecule has 1 aromatic heterocycles. The molecule has 4 N–H and O–H groups in total. The van der Waals surface area contributed by atoms with Gasteiger partial charge in [0.15, 0.2) is 0 Å². The Morgan fingerprint density at radius 3 is 2.74 bits per heavy atom. The quantitative estimate of drug-likeness (QED) is 0.706. The Balaban J connectivity index is 1.92. The molecule has 1 aromatic rings. The van der Waals surface area contributed by atoms with Crippen LogP contribution < -0.4 is 11.1 Å². The van der Waals surface area contributed by atoms with Crippen molar-refractivity contribution in [1.29, 1.82) is 5.41 Å². The van der Waals surface area contributed by atoms with Crippen LogP contribution in [0.15, 0.2) is 23.0 Å². The lowest BCUT2D eigenvalue weighted by Crippen LogP contribution is -2.24. The summed E-state index contributed by atoms with van der Waals surface area (Å²) >= 11 is 0. The van der Waals surface area contributed by atoms with Crippen molar-refractivity contribution in [3.05, 3.63) is 29.2 Å². The molecule has 0 bridgehead atoms. The normalized spacial score (nSPS) is 25.0. The number of allylic oxidation sites excluding steroid dienone is 2. The lowest BCUT2D eigenvalue weighted by molar-refractivity contribution is 0.293. The van der Waals surface area contributed by atoms with Crippen LogP contribution in [-0.2, 0) is 0 Å². The molecule has 0 aliphatic heterocycles. The van der Waals surface area contributed by atoms with E-state index in [-0.39, 0.29) is 0 Å². The van der Waals surface area contributed by atoms with Gasteiger partial charge in [0.25, 0.3) is 0 Å². The summed E-state index contributed by atoms with van der Waals surface area (Å²) in [6.07, 6.45) is 9.58. The van der Waals surface area contributed by atoms with Gasteiger partial charge in [-0.05, 0) is 43.6 Å². The number of aliphatic imine (C=N–C) groups is 1. The summed E-state index contributed by atoms with van der Waals surface area (Å²) in [5.41, 5.74) is 10.7. The molecule has 0 amide bonds. The van der Waals surface area contributed by atoms with Gasteiger partial charge in [-0.3, -0.25) is 9.98 Å². The zero-order chi connectivity index (χ0) is 16.4. The van der Waals surface area contributed by atoms with Crippen molar-refractivity contribution in [3.8, 4) is 0 Å². The second kappa shape index (κ2) is 6.52. The van der Waals surface area contributed by atoms with Crippen molar-refractivity contribution in [2.45, 2.75) is 38.6 Å². The fourth-order valence-corrected chi connectivity index (χ4v) is 3.01. The first-order chi connectivity index (χ1) is 11.1. The van der Waals surface area contributed by atoms with Gasteiger partial charge >= 0.3 is 0 Å². The van der Waals surface area contributed by atoms with E-state index in [9.17, 15) is 0 Å². The number of nitrogens with two attached hydrogens (primary N) is 1. The standard InChI is InChI=1S/C18H25N5/c1-11-5-14(6-11)22-10-15(18(20)12-3-4-12)17-7-16(21-2)13(8-19)9-23-17/h7-12,14,19H,3-6,20H2,1-2H3,(H,21,23). The van der Waals surface area contributed by atoms with E-state index >= 15 is 0 Å². The lowest BCUT2D eigenvalue weighted by Gasteiger charge is -2.29. The number of hydrogen-bond acceptors (Lipinski definition) is 5. The molecule has 0 spiro atoms. The maximum absolute atomic E-state index is 7.45. The highest BCUT2D eigenvalue weighted by Gasteiger charge is 2.28. The van der Waals surface area contributed by atoms with E-state index in [0.717, 1.165) is 59.8 Å². The third kappa shape index (κ3) is 3.44. The first-order valence-corrected chi connectivity index (χ1v) is 8.33. The lowest BCUT2D eigenvalue weighted by atomic mass is 9.82. The third-order valence-electron chi connectivity index (χ3n) is 4.73. The maximum atomic E-state index is 7.45. The molecule has 3 rings (SSSR count). The maximum Gasteiger partial charge on any atom is 0.0755 e. The van der Waals surface area contributed by atoms with E-state index in [1.165, 1.54) is 6.21 Å². The van der Waals surface area contributed by atoms with Crippen LogP contribution >= 0.6 is 0 Å². The van der Waals surface area contributed by atoms with Gasteiger partial charge in [0.1, 0.15) is 0 Å². The minimum Gasteiger partial charge on any atom is -0.401 e. The van der Waals surface area contributed by atoms with Gasteiger partial charge in [-0.1, -0.05) is 6.92 Å². The summed E-state index contributed by atoms with van der Waals surface area (Å²) in [4.78, 5) is 9.22. The Hall–Kier alpha value is -2.17. The predicted octanol–water partition coefficient (Wildman–Crippen LogP) is 3.07. The van der Waals surface area contributed by atoms with Crippen molar-refractivity contribution >= 4 is 23.7 Å². The Bertz CT molecular complexity index is 651. The van der Waals surface area contributed by atoms with Crippen LogP contribution in [0.1, 0.15) is 43.9 Å². The number of nitrogens with one attached hydrogen (secondary N) is 2. The Kier molecular flexibility index (Phi) is 4.46.